The second-order valence-corrected chi connectivity index (χ2v) is 12.4. The molecule has 2 aliphatic rings. The zero-order valence-corrected chi connectivity index (χ0v) is 24.3. The van der Waals surface area contributed by atoms with Gasteiger partial charge in [0.25, 0.3) is 0 Å². The largest absolute Gasteiger partial charge is 0.356 e. The molecule has 0 aromatic heterocycles. The second kappa shape index (κ2) is 9.06. The summed E-state index contributed by atoms with van der Waals surface area (Å²) < 4.78 is 0. The van der Waals surface area contributed by atoms with Crippen molar-refractivity contribution in [2.75, 3.05) is 5.32 Å². The second-order valence-electron chi connectivity index (χ2n) is 12.4. The van der Waals surface area contributed by atoms with E-state index < -0.39 is 0 Å². The van der Waals surface area contributed by atoms with Crippen LogP contribution in [0.15, 0.2) is 140 Å². The van der Waals surface area contributed by atoms with Crippen molar-refractivity contribution >= 4 is 11.4 Å². The lowest BCUT2D eigenvalue weighted by Crippen LogP contribution is -2.23. The van der Waals surface area contributed by atoms with E-state index in [4.69, 9.17) is 0 Å². The van der Waals surface area contributed by atoms with E-state index in [0.29, 0.717) is 0 Å². The van der Waals surface area contributed by atoms with E-state index in [1.54, 1.807) is 0 Å². The highest BCUT2D eigenvalue weighted by atomic mass is 14.9. The van der Waals surface area contributed by atoms with Crippen molar-refractivity contribution in [3.8, 4) is 33.4 Å². The van der Waals surface area contributed by atoms with Crippen molar-refractivity contribution < 1.29 is 0 Å². The molecule has 0 aliphatic heterocycles. The van der Waals surface area contributed by atoms with Crippen molar-refractivity contribution in [1.29, 1.82) is 0 Å². The quantitative estimate of drug-likeness (QED) is 0.235. The van der Waals surface area contributed by atoms with Crippen molar-refractivity contribution in [2.45, 2.75) is 31.6 Å². The Morgan fingerprint density at radius 3 is 1.76 bits per heavy atom. The molecule has 0 saturated heterocycles. The zero-order valence-electron chi connectivity index (χ0n) is 24.3. The summed E-state index contributed by atoms with van der Waals surface area (Å²) in [6, 6.07) is 51.2. The Bertz CT molecular complexity index is 1980. The summed E-state index contributed by atoms with van der Waals surface area (Å²) in [6.07, 6.45) is 0. The predicted molar refractivity (Wildman–Crippen MR) is 177 cm³/mol. The third-order valence-electron chi connectivity index (χ3n) is 9.74. The first-order valence-electron chi connectivity index (χ1n) is 14.9. The van der Waals surface area contributed by atoms with E-state index in [1.807, 2.05) is 0 Å². The van der Waals surface area contributed by atoms with Gasteiger partial charge in [-0.15, -0.1) is 0 Å². The summed E-state index contributed by atoms with van der Waals surface area (Å²) in [6.45, 7) is 7.05. The molecule has 1 heteroatoms. The van der Waals surface area contributed by atoms with Gasteiger partial charge in [0.1, 0.15) is 0 Å². The maximum atomic E-state index is 3.69. The highest BCUT2D eigenvalue weighted by Gasteiger charge is 2.42. The van der Waals surface area contributed by atoms with Gasteiger partial charge in [-0.2, -0.15) is 0 Å². The smallest absolute Gasteiger partial charge is 0.0441 e. The highest BCUT2D eigenvalue weighted by Crippen LogP contribution is 2.55. The molecule has 1 N–H and O–H groups in total. The van der Waals surface area contributed by atoms with Gasteiger partial charge in [-0.25, -0.2) is 0 Å². The molecule has 0 bridgehead atoms. The molecule has 202 valence electrons. The molecule has 2 aliphatic carbocycles. The van der Waals surface area contributed by atoms with Crippen molar-refractivity contribution in [3.05, 3.63) is 167 Å². The first-order chi connectivity index (χ1) is 20.5. The SMILES string of the molecule is CC1(C)c2ccccc2-c2ccc(Nc3ccc(-c4cccc5c4C(C)(c4ccccc4)c4ccccc4-5)cc3)cc21. The van der Waals surface area contributed by atoms with Crippen LogP contribution in [0.5, 0.6) is 0 Å². The maximum absolute atomic E-state index is 3.69. The maximum Gasteiger partial charge on any atom is 0.0441 e. The lowest BCUT2D eigenvalue weighted by molar-refractivity contribution is 0.660. The standard InChI is InChI=1S/C41H33N/c1-40(2)36-18-9-7-14-32(36)34-25-24-30(26-38(34)40)42-29-22-20-27(21-23-29)31-16-11-17-35-33-15-8-10-19-37(33)41(3,39(31)35)28-12-5-4-6-13-28/h4-26,42H,1-3H3. The van der Waals surface area contributed by atoms with E-state index in [0.717, 1.165) is 11.4 Å². The first-order valence-corrected chi connectivity index (χ1v) is 14.9. The van der Waals surface area contributed by atoms with Gasteiger partial charge in [0, 0.05) is 22.2 Å². The average molecular weight is 540 g/mol. The van der Waals surface area contributed by atoms with Crippen LogP contribution in [-0.4, -0.2) is 0 Å². The lowest BCUT2D eigenvalue weighted by Gasteiger charge is -2.30. The third kappa shape index (κ3) is 3.50. The summed E-state index contributed by atoms with van der Waals surface area (Å²) >= 11 is 0. The fraction of sp³-hybridized carbons (Fsp3) is 0.122. The molecular formula is C41H33N. The Hall–Kier alpha value is -4.88. The average Bonchev–Trinajstić information content (AvgIpc) is 3.44. The van der Waals surface area contributed by atoms with E-state index in [1.165, 1.54) is 61.2 Å². The van der Waals surface area contributed by atoms with Crippen LogP contribution in [0.2, 0.25) is 0 Å². The Balaban J connectivity index is 1.16. The molecule has 1 nitrogen and oxygen atoms in total. The van der Waals surface area contributed by atoms with Crippen LogP contribution >= 0.6 is 0 Å². The van der Waals surface area contributed by atoms with E-state index in [9.17, 15) is 0 Å². The van der Waals surface area contributed by atoms with Crippen molar-refractivity contribution in [1.82, 2.24) is 0 Å². The fourth-order valence-electron chi connectivity index (χ4n) is 7.60. The molecule has 6 aromatic rings. The first kappa shape index (κ1) is 24.9. The van der Waals surface area contributed by atoms with Crippen LogP contribution in [0.3, 0.4) is 0 Å². The number of rotatable bonds is 4. The van der Waals surface area contributed by atoms with Crippen LogP contribution in [0.4, 0.5) is 11.4 Å². The Morgan fingerprint density at radius 1 is 0.429 bits per heavy atom. The monoisotopic (exact) mass is 539 g/mol. The molecule has 0 radical (unpaired) electrons. The van der Waals surface area contributed by atoms with Gasteiger partial charge >= 0.3 is 0 Å². The fourth-order valence-corrected chi connectivity index (χ4v) is 7.60. The van der Waals surface area contributed by atoms with Gasteiger partial charge in [-0.1, -0.05) is 129 Å². The van der Waals surface area contributed by atoms with Gasteiger partial charge in [-0.05, 0) is 92.4 Å². The van der Waals surface area contributed by atoms with Crippen molar-refractivity contribution in [3.63, 3.8) is 0 Å². The molecule has 6 aromatic carbocycles. The van der Waals surface area contributed by atoms with E-state index in [2.05, 4.69) is 166 Å². The Kier molecular flexibility index (Phi) is 5.37. The Labute approximate surface area is 248 Å². The summed E-state index contributed by atoms with van der Waals surface area (Å²) in [5.41, 5.74) is 16.7. The number of anilines is 2. The van der Waals surface area contributed by atoms with Gasteiger partial charge < -0.3 is 5.32 Å². The number of hydrogen-bond acceptors (Lipinski definition) is 1. The Morgan fingerprint density at radius 2 is 1.00 bits per heavy atom. The molecule has 1 atom stereocenters. The summed E-state index contributed by atoms with van der Waals surface area (Å²) in [4.78, 5) is 0. The minimum atomic E-state index is -0.227. The van der Waals surface area contributed by atoms with Crippen LogP contribution < -0.4 is 5.32 Å². The summed E-state index contributed by atoms with van der Waals surface area (Å²) in [5, 5.41) is 3.69. The number of hydrogen-bond donors (Lipinski definition) is 1. The third-order valence-corrected chi connectivity index (χ3v) is 9.74. The van der Waals surface area contributed by atoms with Crippen LogP contribution in [0, 0.1) is 0 Å². The molecule has 42 heavy (non-hydrogen) atoms. The highest BCUT2D eigenvalue weighted by molar-refractivity contribution is 5.90. The molecule has 0 fully saturated rings. The predicted octanol–water partition coefficient (Wildman–Crippen LogP) is 10.7. The topological polar surface area (TPSA) is 12.0 Å². The van der Waals surface area contributed by atoms with E-state index >= 15 is 0 Å². The van der Waals surface area contributed by atoms with Crippen LogP contribution in [-0.2, 0) is 10.8 Å². The minimum absolute atomic E-state index is 0.00978. The van der Waals surface area contributed by atoms with E-state index in [-0.39, 0.29) is 10.8 Å². The minimum Gasteiger partial charge on any atom is -0.356 e. The number of benzene rings is 6. The van der Waals surface area contributed by atoms with Crippen molar-refractivity contribution in [2.24, 2.45) is 0 Å². The van der Waals surface area contributed by atoms with Crippen LogP contribution in [0.1, 0.15) is 48.6 Å². The van der Waals surface area contributed by atoms with Gasteiger partial charge in [0.2, 0.25) is 0 Å². The molecule has 8 rings (SSSR count). The van der Waals surface area contributed by atoms with Crippen LogP contribution in [0.25, 0.3) is 33.4 Å². The molecule has 0 amide bonds. The normalized spacial score (nSPS) is 17.2. The lowest BCUT2D eigenvalue weighted by atomic mass is 9.72. The van der Waals surface area contributed by atoms with Gasteiger partial charge in [-0.3, -0.25) is 0 Å². The molecule has 0 heterocycles. The molecule has 1 unspecified atom stereocenters. The summed E-state index contributed by atoms with van der Waals surface area (Å²) in [5.74, 6) is 0. The number of nitrogens with one attached hydrogen (secondary N) is 1. The van der Waals surface area contributed by atoms with Gasteiger partial charge in [0.05, 0.1) is 0 Å². The molecule has 0 saturated carbocycles. The molecular weight excluding hydrogens is 506 g/mol. The number of fused-ring (bicyclic) bond motifs is 6. The summed E-state index contributed by atoms with van der Waals surface area (Å²) in [7, 11) is 0. The van der Waals surface area contributed by atoms with Gasteiger partial charge in [0.15, 0.2) is 0 Å². The molecule has 0 spiro atoms. The zero-order chi connectivity index (χ0) is 28.5.